The number of amides is 1. The van der Waals surface area contributed by atoms with E-state index in [1.807, 2.05) is 0 Å². The number of carboxylic acid groups (broad SMARTS) is 1. The minimum absolute atomic E-state index is 0.143. The Balaban J connectivity index is 1.40. The number of alkyl carbamates (subject to hydrolysis) is 1. The molecule has 0 heterocycles. The Labute approximate surface area is 212 Å². The first-order valence-electron chi connectivity index (χ1n) is 14.4. The van der Waals surface area contributed by atoms with E-state index in [0.717, 1.165) is 54.8 Å². The lowest BCUT2D eigenvalue weighted by Gasteiger charge is -2.58. The third-order valence-electron chi connectivity index (χ3n) is 10.9. The predicted octanol–water partition coefficient (Wildman–Crippen LogP) is 7.21. The highest BCUT2D eigenvalue weighted by Crippen LogP contribution is 2.67. The molecular weight excluding hydrogens is 438 g/mol. The van der Waals surface area contributed by atoms with Gasteiger partial charge in [0.15, 0.2) is 0 Å². The van der Waals surface area contributed by atoms with Gasteiger partial charge in [-0.25, -0.2) is 4.79 Å². The predicted molar refractivity (Wildman–Crippen MR) is 139 cm³/mol. The lowest BCUT2D eigenvalue weighted by molar-refractivity contribution is -0.135. The van der Waals surface area contributed by atoms with Crippen LogP contribution in [0, 0.1) is 46.3 Å². The van der Waals surface area contributed by atoms with Gasteiger partial charge in [0.25, 0.3) is 0 Å². The minimum Gasteiger partial charge on any atom is -0.480 e. The van der Waals surface area contributed by atoms with Crippen molar-refractivity contribution >= 4 is 12.1 Å². The van der Waals surface area contributed by atoms with Gasteiger partial charge < -0.3 is 15.2 Å². The second-order valence-corrected chi connectivity index (χ2v) is 13.3. The number of hydrogen-bond acceptors (Lipinski definition) is 3. The quantitative estimate of drug-likeness (QED) is 0.355. The second kappa shape index (κ2) is 10.5. The van der Waals surface area contributed by atoms with Gasteiger partial charge in [0.1, 0.15) is 12.6 Å². The van der Waals surface area contributed by atoms with Crippen molar-refractivity contribution in [3.8, 4) is 0 Å². The van der Waals surface area contributed by atoms with Crippen molar-refractivity contribution in [2.75, 3.05) is 6.54 Å². The van der Waals surface area contributed by atoms with Gasteiger partial charge in [0, 0.05) is 6.42 Å². The maximum atomic E-state index is 12.0. The Kier molecular flexibility index (Phi) is 7.93. The van der Waals surface area contributed by atoms with Crippen molar-refractivity contribution in [2.45, 2.75) is 111 Å². The summed E-state index contributed by atoms with van der Waals surface area (Å²) in [6.45, 7) is 12.0. The number of rotatable bonds is 8. The molecule has 4 aliphatic rings. The Bertz CT molecular complexity index is 821. The van der Waals surface area contributed by atoms with Crippen LogP contribution in [-0.4, -0.2) is 29.8 Å². The first-order chi connectivity index (χ1) is 16.5. The Morgan fingerprint density at radius 1 is 1.09 bits per heavy atom. The second-order valence-electron chi connectivity index (χ2n) is 13.3. The van der Waals surface area contributed by atoms with Crippen LogP contribution in [0.5, 0.6) is 0 Å². The highest BCUT2D eigenvalue weighted by Gasteiger charge is 2.59. The number of fused-ring (bicyclic) bond motifs is 5. The summed E-state index contributed by atoms with van der Waals surface area (Å²) in [7, 11) is 0. The van der Waals surface area contributed by atoms with E-state index in [-0.39, 0.29) is 11.5 Å². The fourth-order valence-electron chi connectivity index (χ4n) is 9.09. The monoisotopic (exact) mass is 487 g/mol. The molecule has 35 heavy (non-hydrogen) atoms. The molecule has 198 valence electrons. The molecule has 4 rings (SSSR count). The normalized spacial score (nSPS) is 39.1. The molecule has 0 aromatic rings. The molecule has 0 radical (unpaired) electrons. The topological polar surface area (TPSA) is 75.6 Å². The molecule has 0 spiro atoms. The number of carbonyl (C=O) groups is 2. The summed E-state index contributed by atoms with van der Waals surface area (Å²) >= 11 is 0. The molecule has 0 saturated heterocycles. The summed E-state index contributed by atoms with van der Waals surface area (Å²) in [5.74, 6) is 3.88. The molecule has 3 fully saturated rings. The number of hydrogen-bond donors (Lipinski definition) is 2. The summed E-state index contributed by atoms with van der Waals surface area (Å²) in [6.07, 6.45) is 15.4. The van der Waals surface area contributed by atoms with E-state index in [4.69, 9.17) is 9.84 Å². The zero-order chi connectivity index (χ0) is 25.4. The zero-order valence-electron chi connectivity index (χ0n) is 22.8. The van der Waals surface area contributed by atoms with Crippen molar-refractivity contribution in [2.24, 2.45) is 46.3 Å². The van der Waals surface area contributed by atoms with Crippen LogP contribution < -0.4 is 5.32 Å². The van der Waals surface area contributed by atoms with Gasteiger partial charge in [0.2, 0.25) is 0 Å². The standard InChI is InChI=1S/C30H49NO4/c1-19(2)7-6-8-20(3)24-11-12-25-23-10-9-21-17-22(35-28(34)31-18-27(32)33)13-15-29(21,4)26(23)14-16-30(24,25)5/h9,19-20,22-26H,6-8,10-18H2,1-5H3,(H,31,34)(H,32,33)/t20-,22+,23+,24-,25+,26+,29+,30-/m1/s1. The van der Waals surface area contributed by atoms with Crippen LogP contribution >= 0.6 is 0 Å². The first kappa shape index (κ1) is 26.5. The molecule has 2 N–H and O–H groups in total. The number of carbonyl (C=O) groups excluding carboxylic acids is 1. The summed E-state index contributed by atoms with van der Waals surface area (Å²) in [6, 6.07) is 0. The molecule has 0 unspecified atom stereocenters. The van der Waals surface area contributed by atoms with Crippen LogP contribution in [0.25, 0.3) is 0 Å². The summed E-state index contributed by atoms with van der Waals surface area (Å²) in [5, 5.41) is 11.1. The van der Waals surface area contributed by atoms with E-state index in [9.17, 15) is 9.59 Å². The van der Waals surface area contributed by atoms with Crippen molar-refractivity contribution < 1.29 is 19.4 Å². The van der Waals surface area contributed by atoms with Gasteiger partial charge in [-0.15, -0.1) is 0 Å². The van der Waals surface area contributed by atoms with E-state index in [1.165, 1.54) is 56.9 Å². The molecule has 8 atom stereocenters. The average Bonchev–Trinajstić information content (AvgIpc) is 3.15. The lowest BCUT2D eigenvalue weighted by atomic mass is 9.47. The third-order valence-corrected chi connectivity index (χ3v) is 10.9. The maximum absolute atomic E-state index is 12.0. The van der Waals surface area contributed by atoms with E-state index in [1.54, 1.807) is 0 Å². The van der Waals surface area contributed by atoms with Gasteiger partial charge in [0.05, 0.1) is 0 Å². The van der Waals surface area contributed by atoms with Gasteiger partial charge in [-0.05, 0) is 91.3 Å². The maximum Gasteiger partial charge on any atom is 0.407 e. The molecule has 0 aliphatic heterocycles. The minimum atomic E-state index is -1.05. The van der Waals surface area contributed by atoms with Crippen LogP contribution in [0.2, 0.25) is 0 Å². The van der Waals surface area contributed by atoms with E-state index >= 15 is 0 Å². The SMILES string of the molecule is CC(C)CCC[C@@H](C)[C@H]1CC[C@H]2[C@@H]3CC=C4C[C@@H](OC(=O)NCC(=O)O)CC[C@]4(C)[C@H]3CC[C@]12C. The fourth-order valence-corrected chi connectivity index (χ4v) is 9.09. The molecule has 4 aliphatic carbocycles. The van der Waals surface area contributed by atoms with Gasteiger partial charge in [-0.2, -0.15) is 0 Å². The molecule has 3 saturated carbocycles. The largest absolute Gasteiger partial charge is 0.480 e. The number of aliphatic carboxylic acids is 1. The highest BCUT2D eigenvalue weighted by atomic mass is 16.6. The van der Waals surface area contributed by atoms with E-state index in [2.05, 4.69) is 46.0 Å². The smallest absolute Gasteiger partial charge is 0.407 e. The number of ether oxygens (including phenoxy) is 1. The molecule has 0 aromatic carbocycles. The van der Waals surface area contributed by atoms with Gasteiger partial charge in [-0.1, -0.05) is 65.5 Å². The van der Waals surface area contributed by atoms with Crippen LogP contribution in [0.15, 0.2) is 11.6 Å². The summed E-state index contributed by atoms with van der Waals surface area (Å²) in [4.78, 5) is 22.7. The Hall–Kier alpha value is -1.52. The van der Waals surface area contributed by atoms with Crippen LogP contribution in [0.3, 0.4) is 0 Å². The van der Waals surface area contributed by atoms with Gasteiger partial charge in [-0.3, -0.25) is 4.79 Å². The molecular formula is C30H49NO4. The molecule has 0 bridgehead atoms. The fraction of sp³-hybridized carbons (Fsp3) is 0.867. The molecule has 1 amide bonds. The average molecular weight is 488 g/mol. The molecule has 5 heteroatoms. The van der Waals surface area contributed by atoms with Crippen molar-refractivity contribution in [1.29, 1.82) is 0 Å². The van der Waals surface area contributed by atoms with Gasteiger partial charge >= 0.3 is 12.1 Å². The van der Waals surface area contributed by atoms with Crippen LogP contribution in [0.1, 0.15) is 105 Å². The van der Waals surface area contributed by atoms with Crippen molar-refractivity contribution in [3.63, 3.8) is 0 Å². The number of nitrogens with one attached hydrogen (secondary N) is 1. The Morgan fingerprint density at radius 3 is 2.57 bits per heavy atom. The Morgan fingerprint density at radius 2 is 1.86 bits per heavy atom. The third kappa shape index (κ3) is 5.30. The van der Waals surface area contributed by atoms with E-state index in [0.29, 0.717) is 5.41 Å². The van der Waals surface area contributed by atoms with Crippen molar-refractivity contribution in [1.82, 2.24) is 5.32 Å². The highest BCUT2D eigenvalue weighted by molar-refractivity contribution is 5.76. The lowest BCUT2D eigenvalue weighted by Crippen LogP contribution is -2.51. The molecule has 5 nitrogen and oxygen atoms in total. The van der Waals surface area contributed by atoms with E-state index < -0.39 is 18.6 Å². The number of carboxylic acids is 1. The van der Waals surface area contributed by atoms with Crippen molar-refractivity contribution in [3.05, 3.63) is 11.6 Å². The molecule has 0 aromatic heterocycles. The zero-order valence-corrected chi connectivity index (χ0v) is 22.8. The van der Waals surface area contributed by atoms with Crippen LogP contribution in [-0.2, 0) is 9.53 Å². The number of allylic oxidation sites excluding steroid dienone is 1. The summed E-state index contributed by atoms with van der Waals surface area (Å²) < 4.78 is 5.59. The van der Waals surface area contributed by atoms with Crippen LogP contribution in [0.4, 0.5) is 4.79 Å². The first-order valence-corrected chi connectivity index (χ1v) is 14.4. The summed E-state index contributed by atoms with van der Waals surface area (Å²) in [5.41, 5.74) is 2.21.